The van der Waals surface area contributed by atoms with Crippen LogP contribution in [-0.2, 0) is 15.8 Å². The number of benzene rings is 3. The molecular formula is C38H52N2O4Si. The molecule has 6 nitrogen and oxygen atoms in total. The molecule has 1 N–H and O–H groups in total. The molecule has 0 unspecified atom stereocenters. The molecule has 5 rings (SSSR count). The summed E-state index contributed by atoms with van der Waals surface area (Å²) in [6.07, 6.45) is 7.78. The van der Waals surface area contributed by atoms with Crippen LogP contribution >= 0.6 is 0 Å². The van der Waals surface area contributed by atoms with E-state index in [1.807, 2.05) is 18.2 Å². The number of carbonyl (C=O) groups is 1. The predicted molar refractivity (Wildman–Crippen MR) is 185 cm³/mol. The fraction of sp³-hybridized carbons (Fsp3) is 0.500. The first-order chi connectivity index (χ1) is 21.8. The zero-order chi connectivity index (χ0) is 31.9. The van der Waals surface area contributed by atoms with Gasteiger partial charge >= 0.3 is 0 Å². The van der Waals surface area contributed by atoms with Crippen LogP contribution in [0.5, 0.6) is 11.5 Å². The molecule has 2 fully saturated rings. The van der Waals surface area contributed by atoms with E-state index >= 15 is 0 Å². The minimum atomic E-state index is -2.72. The van der Waals surface area contributed by atoms with E-state index in [1.165, 1.54) is 36.1 Å². The molecule has 2 aliphatic rings. The highest BCUT2D eigenvalue weighted by Gasteiger charge is 2.50. The second-order valence-corrected chi connectivity index (χ2v) is 18.0. The van der Waals surface area contributed by atoms with Crippen molar-refractivity contribution in [1.29, 1.82) is 0 Å². The lowest BCUT2D eigenvalue weighted by Crippen LogP contribution is -2.66. The van der Waals surface area contributed by atoms with Gasteiger partial charge in [-0.05, 0) is 59.5 Å². The molecule has 7 heteroatoms. The number of amides is 1. The van der Waals surface area contributed by atoms with Crippen molar-refractivity contribution in [3.8, 4) is 11.5 Å². The molecule has 0 radical (unpaired) electrons. The van der Waals surface area contributed by atoms with Crippen LogP contribution in [0.15, 0.2) is 78.9 Å². The van der Waals surface area contributed by atoms with E-state index in [2.05, 4.69) is 91.7 Å². The Balaban J connectivity index is 1.42. The topological polar surface area (TPSA) is 60.0 Å². The Kier molecular flexibility index (Phi) is 11.1. The van der Waals surface area contributed by atoms with Crippen molar-refractivity contribution in [1.82, 2.24) is 10.2 Å². The largest absolute Gasteiger partial charge is 0.497 e. The number of carbonyl (C=O) groups excluding carboxylic acids is 1. The third kappa shape index (κ3) is 7.31. The average molecular weight is 629 g/mol. The number of hydrogen-bond acceptors (Lipinski definition) is 5. The van der Waals surface area contributed by atoms with Gasteiger partial charge in [0.15, 0.2) is 0 Å². The van der Waals surface area contributed by atoms with E-state index in [0.717, 1.165) is 36.4 Å². The van der Waals surface area contributed by atoms with Gasteiger partial charge < -0.3 is 24.1 Å². The first-order valence-electron chi connectivity index (χ1n) is 16.8. The van der Waals surface area contributed by atoms with Gasteiger partial charge in [-0.3, -0.25) is 4.79 Å². The Morgan fingerprint density at radius 3 is 2.16 bits per heavy atom. The van der Waals surface area contributed by atoms with Crippen LogP contribution in [0.3, 0.4) is 0 Å². The molecule has 242 valence electrons. The molecule has 45 heavy (non-hydrogen) atoms. The SMILES string of the molecule is COc1ccc(CN[C@H](CCO[Si](c2ccccc2)(c2ccccc2)C(C)(C)C)C(=O)N2CCC[C@H]3CCCC[C@@H]32)c(OC)c1. The molecular weight excluding hydrogens is 577 g/mol. The molecule has 1 aliphatic carbocycles. The van der Waals surface area contributed by atoms with Gasteiger partial charge in [0.25, 0.3) is 8.32 Å². The van der Waals surface area contributed by atoms with Crippen LogP contribution < -0.4 is 25.2 Å². The minimum absolute atomic E-state index is 0.124. The van der Waals surface area contributed by atoms with E-state index in [1.54, 1.807) is 14.2 Å². The van der Waals surface area contributed by atoms with E-state index < -0.39 is 8.32 Å². The summed E-state index contributed by atoms with van der Waals surface area (Å²) < 4.78 is 18.4. The van der Waals surface area contributed by atoms with Gasteiger partial charge in [0, 0.05) is 37.4 Å². The summed E-state index contributed by atoms with van der Waals surface area (Å²) in [5.41, 5.74) is 0.998. The highest BCUT2D eigenvalue weighted by Crippen LogP contribution is 2.38. The highest BCUT2D eigenvalue weighted by molar-refractivity contribution is 6.99. The standard InChI is InChI=1S/C38H52N2O4Si/c1-38(2,3)45(32-17-8-6-9-18-32,33-19-10-7-11-20-33)44-26-24-34(39-28-30-22-23-31(42-4)27-36(30)43-5)37(41)40-25-14-16-29-15-12-13-21-35(29)40/h6-11,17-20,22-23,27,29,34-35,39H,12-16,21,24-26,28H2,1-5H3/t29-,34-,35+/m1/s1. The molecule has 3 atom stereocenters. The zero-order valence-corrected chi connectivity index (χ0v) is 28.9. The Morgan fingerprint density at radius 2 is 1.53 bits per heavy atom. The normalized spacial score (nSPS) is 19.4. The van der Waals surface area contributed by atoms with Crippen molar-refractivity contribution in [2.75, 3.05) is 27.4 Å². The number of likely N-dealkylation sites (tertiary alicyclic amines) is 1. The lowest BCUT2D eigenvalue weighted by Gasteiger charge is -2.45. The number of ether oxygens (including phenoxy) is 2. The summed E-state index contributed by atoms with van der Waals surface area (Å²) in [5.74, 6) is 2.35. The fourth-order valence-electron chi connectivity index (χ4n) is 7.73. The Labute approximate surface area is 271 Å². The summed E-state index contributed by atoms with van der Waals surface area (Å²) in [6, 6.07) is 27.3. The first-order valence-corrected chi connectivity index (χ1v) is 18.7. The summed E-state index contributed by atoms with van der Waals surface area (Å²) in [5, 5.41) is 6.05. The second-order valence-electron chi connectivity index (χ2n) is 13.7. The number of hydrogen-bond donors (Lipinski definition) is 1. The number of methoxy groups -OCH3 is 2. The van der Waals surface area contributed by atoms with Crippen LogP contribution in [0.4, 0.5) is 0 Å². The van der Waals surface area contributed by atoms with Gasteiger partial charge in [-0.25, -0.2) is 0 Å². The number of nitrogens with zero attached hydrogens (tertiary/aromatic N) is 1. The summed E-state index contributed by atoms with van der Waals surface area (Å²) in [4.78, 5) is 16.7. The maximum absolute atomic E-state index is 14.5. The summed E-state index contributed by atoms with van der Waals surface area (Å²) >= 11 is 0. The number of fused-ring (bicyclic) bond motifs is 1. The number of piperidine rings is 1. The Bertz CT molecular complexity index is 1340. The highest BCUT2D eigenvalue weighted by atomic mass is 28.4. The lowest BCUT2D eigenvalue weighted by atomic mass is 9.78. The second kappa shape index (κ2) is 15.0. The smallest absolute Gasteiger partial charge is 0.261 e. The van der Waals surface area contributed by atoms with Crippen molar-refractivity contribution in [2.45, 2.75) is 89.4 Å². The fourth-order valence-corrected chi connectivity index (χ4v) is 12.3. The lowest BCUT2D eigenvalue weighted by molar-refractivity contribution is -0.140. The summed E-state index contributed by atoms with van der Waals surface area (Å²) in [6.45, 7) is 8.75. The minimum Gasteiger partial charge on any atom is -0.497 e. The van der Waals surface area contributed by atoms with Crippen molar-refractivity contribution >= 4 is 24.6 Å². The van der Waals surface area contributed by atoms with Crippen LogP contribution in [0, 0.1) is 5.92 Å². The maximum atomic E-state index is 14.5. The Hall–Kier alpha value is -3.13. The first kappa shape index (κ1) is 33.2. The molecule has 1 saturated heterocycles. The quantitative estimate of drug-likeness (QED) is 0.238. The van der Waals surface area contributed by atoms with Crippen LogP contribution in [0.25, 0.3) is 0 Å². The van der Waals surface area contributed by atoms with Crippen molar-refractivity contribution in [2.24, 2.45) is 5.92 Å². The third-order valence-electron chi connectivity index (χ3n) is 10.00. The van der Waals surface area contributed by atoms with Gasteiger partial charge in [-0.15, -0.1) is 0 Å². The molecule has 3 aromatic rings. The van der Waals surface area contributed by atoms with Crippen molar-refractivity contribution < 1.29 is 18.7 Å². The zero-order valence-electron chi connectivity index (χ0n) is 27.9. The van der Waals surface area contributed by atoms with E-state index in [4.69, 9.17) is 13.9 Å². The molecule has 0 bridgehead atoms. The third-order valence-corrected chi connectivity index (χ3v) is 15.0. The van der Waals surface area contributed by atoms with Gasteiger partial charge in [-0.2, -0.15) is 0 Å². The van der Waals surface area contributed by atoms with Crippen LogP contribution in [0.2, 0.25) is 5.04 Å². The molecule has 1 heterocycles. The maximum Gasteiger partial charge on any atom is 0.261 e. The molecule has 0 aromatic heterocycles. The Morgan fingerprint density at radius 1 is 0.889 bits per heavy atom. The van der Waals surface area contributed by atoms with E-state index in [-0.39, 0.29) is 17.0 Å². The van der Waals surface area contributed by atoms with E-state index in [9.17, 15) is 4.79 Å². The average Bonchev–Trinajstić information content (AvgIpc) is 3.07. The number of rotatable bonds is 12. The van der Waals surface area contributed by atoms with Gasteiger partial charge in [0.1, 0.15) is 11.5 Å². The number of nitrogens with one attached hydrogen (secondary N) is 1. The monoisotopic (exact) mass is 628 g/mol. The van der Waals surface area contributed by atoms with Crippen LogP contribution in [-0.4, -0.2) is 58.6 Å². The molecule has 1 amide bonds. The molecule has 1 aliphatic heterocycles. The van der Waals surface area contributed by atoms with Crippen molar-refractivity contribution in [3.05, 3.63) is 84.4 Å². The summed E-state index contributed by atoms with van der Waals surface area (Å²) in [7, 11) is 0.616. The van der Waals surface area contributed by atoms with Gasteiger partial charge in [-0.1, -0.05) is 100 Å². The predicted octanol–water partition coefficient (Wildman–Crippen LogP) is 6.31. The van der Waals surface area contributed by atoms with Crippen molar-refractivity contribution in [3.63, 3.8) is 0 Å². The van der Waals surface area contributed by atoms with Crippen LogP contribution in [0.1, 0.15) is 71.3 Å². The molecule has 1 saturated carbocycles. The van der Waals surface area contributed by atoms with E-state index in [0.29, 0.717) is 31.5 Å². The van der Waals surface area contributed by atoms with Gasteiger partial charge in [0.2, 0.25) is 5.91 Å². The van der Waals surface area contributed by atoms with Gasteiger partial charge in [0.05, 0.1) is 20.3 Å². The molecule has 3 aromatic carbocycles. The molecule has 0 spiro atoms.